The van der Waals surface area contributed by atoms with Crippen LogP contribution in [0.5, 0.6) is 0 Å². The number of methoxy groups -OCH3 is 2. The van der Waals surface area contributed by atoms with Crippen molar-refractivity contribution < 1.29 is 23.9 Å². The zero-order chi connectivity index (χ0) is 23.8. The second-order valence-corrected chi connectivity index (χ2v) is 7.52. The summed E-state index contributed by atoms with van der Waals surface area (Å²) in [6.45, 7) is 1.47. The van der Waals surface area contributed by atoms with Gasteiger partial charge in [0.1, 0.15) is 0 Å². The number of nitrogens with one attached hydrogen (secondary N) is 1. The summed E-state index contributed by atoms with van der Waals surface area (Å²) in [5.74, 6) is -3.58. The molecule has 2 heterocycles. The fourth-order valence-electron chi connectivity index (χ4n) is 4.25. The van der Waals surface area contributed by atoms with Crippen LogP contribution in [-0.2, 0) is 24.5 Å². The molecule has 0 fully saturated rings. The van der Waals surface area contributed by atoms with Crippen LogP contribution in [-0.4, -0.2) is 47.4 Å². The molecule has 33 heavy (non-hydrogen) atoms. The first-order valence-corrected chi connectivity index (χ1v) is 10.1. The number of carbonyl (C=O) groups excluding carboxylic acids is 3. The van der Waals surface area contributed by atoms with Crippen molar-refractivity contribution in [3.63, 3.8) is 0 Å². The lowest BCUT2D eigenvalue weighted by Crippen LogP contribution is -2.55. The molecule has 1 aromatic heterocycles. The van der Waals surface area contributed by atoms with Crippen LogP contribution in [0.3, 0.4) is 0 Å². The zero-order valence-electron chi connectivity index (χ0n) is 18.2. The van der Waals surface area contributed by atoms with E-state index >= 15 is 0 Å². The number of H-pyrrole nitrogens is 1. The van der Waals surface area contributed by atoms with Gasteiger partial charge in [-0.2, -0.15) is 0 Å². The summed E-state index contributed by atoms with van der Waals surface area (Å²) in [7, 11) is 2.25. The summed E-state index contributed by atoms with van der Waals surface area (Å²) in [5, 5.41) is 2.84. The van der Waals surface area contributed by atoms with E-state index in [-0.39, 0.29) is 17.1 Å². The fourth-order valence-corrected chi connectivity index (χ4v) is 4.25. The van der Waals surface area contributed by atoms with E-state index in [1.807, 2.05) is 0 Å². The number of Topliss-reactive ketones (excluding diaryl/α,β-unsaturated/α-hetero) is 1. The Morgan fingerprint density at radius 3 is 2.15 bits per heavy atom. The number of aromatic nitrogens is 2. The Bertz CT molecular complexity index is 1320. The number of nitrogens with zero attached hydrogens (tertiary/aromatic N) is 2. The lowest BCUT2D eigenvalue weighted by atomic mass is 9.66. The molecule has 0 unspecified atom stereocenters. The van der Waals surface area contributed by atoms with Crippen molar-refractivity contribution in [2.24, 2.45) is 10.9 Å². The summed E-state index contributed by atoms with van der Waals surface area (Å²) in [6.07, 6.45) is 0. The first-order valence-electron chi connectivity index (χ1n) is 10.1. The van der Waals surface area contributed by atoms with Crippen molar-refractivity contribution in [2.75, 3.05) is 14.2 Å². The largest absolute Gasteiger partial charge is 0.468 e. The second kappa shape index (κ2) is 8.34. The number of hydrogen-bond acceptors (Lipinski definition) is 7. The minimum absolute atomic E-state index is 0.0117. The lowest BCUT2D eigenvalue weighted by molar-refractivity contribution is -0.147. The minimum Gasteiger partial charge on any atom is -0.468 e. The quantitative estimate of drug-likeness (QED) is 0.458. The maximum Gasteiger partial charge on any atom is 0.354 e. The number of benzene rings is 2. The number of ether oxygens (including phenoxy) is 2. The topological polar surface area (TPSA) is 120 Å². The molecule has 0 saturated carbocycles. The maximum absolute atomic E-state index is 13.6. The van der Waals surface area contributed by atoms with Crippen molar-refractivity contribution in [3.05, 3.63) is 82.1 Å². The van der Waals surface area contributed by atoms with Crippen LogP contribution >= 0.6 is 0 Å². The SMILES string of the molecule is COC(=O)C1=Nc2[nH]n(-c3ccccc3)c(=O)c2[C@@]1(C(=O)OC)[C@H](C)C(=O)c1ccccc1. The molecule has 168 valence electrons. The van der Waals surface area contributed by atoms with Crippen molar-refractivity contribution in [3.8, 4) is 5.69 Å². The van der Waals surface area contributed by atoms with E-state index in [4.69, 9.17) is 9.47 Å². The molecule has 1 aliphatic heterocycles. The highest BCUT2D eigenvalue weighted by molar-refractivity contribution is 6.47. The van der Waals surface area contributed by atoms with Crippen LogP contribution < -0.4 is 5.56 Å². The number of carbonyl (C=O) groups is 3. The van der Waals surface area contributed by atoms with Crippen molar-refractivity contribution >= 4 is 29.3 Å². The van der Waals surface area contributed by atoms with Gasteiger partial charge in [0.05, 0.1) is 25.5 Å². The molecule has 0 radical (unpaired) electrons. The second-order valence-electron chi connectivity index (χ2n) is 7.52. The van der Waals surface area contributed by atoms with Crippen LogP contribution in [0.2, 0.25) is 0 Å². The minimum atomic E-state index is -2.10. The van der Waals surface area contributed by atoms with Gasteiger partial charge in [0.2, 0.25) is 0 Å². The molecule has 1 N–H and O–H groups in total. The van der Waals surface area contributed by atoms with Gasteiger partial charge >= 0.3 is 11.9 Å². The van der Waals surface area contributed by atoms with Crippen LogP contribution in [0.15, 0.2) is 70.5 Å². The van der Waals surface area contributed by atoms with Gasteiger partial charge in [-0.05, 0) is 12.1 Å². The fraction of sp³-hybridized carbons (Fsp3) is 0.208. The zero-order valence-corrected chi connectivity index (χ0v) is 18.2. The Labute approximate surface area is 188 Å². The van der Waals surface area contributed by atoms with Gasteiger partial charge in [-0.15, -0.1) is 0 Å². The van der Waals surface area contributed by atoms with Gasteiger partial charge in [0.15, 0.2) is 22.7 Å². The lowest BCUT2D eigenvalue weighted by Gasteiger charge is -2.31. The van der Waals surface area contributed by atoms with E-state index in [0.29, 0.717) is 11.3 Å². The predicted octanol–water partition coefficient (Wildman–Crippen LogP) is 2.35. The van der Waals surface area contributed by atoms with Crippen LogP contribution in [0.25, 0.3) is 5.69 Å². The monoisotopic (exact) mass is 447 g/mol. The Balaban J connectivity index is 2.01. The van der Waals surface area contributed by atoms with Crippen LogP contribution in [0.4, 0.5) is 5.82 Å². The van der Waals surface area contributed by atoms with E-state index in [9.17, 15) is 19.2 Å². The van der Waals surface area contributed by atoms with E-state index in [1.54, 1.807) is 60.7 Å². The third-order valence-corrected chi connectivity index (χ3v) is 5.86. The van der Waals surface area contributed by atoms with Crippen LogP contribution in [0.1, 0.15) is 22.8 Å². The number of esters is 2. The number of aliphatic imine (C=N–C) groups is 1. The van der Waals surface area contributed by atoms with Gasteiger partial charge in [0.25, 0.3) is 5.56 Å². The van der Waals surface area contributed by atoms with Gasteiger partial charge in [0, 0.05) is 11.5 Å². The molecule has 0 saturated heterocycles. The number of ketones is 1. The van der Waals surface area contributed by atoms with Crippen molar-refractivity contribution in [1.82, 2.24) is 9.78 Å². The number of fused-ring (bicyclic) bond motifs is 1. The number of hydrogen-bond donors (Lipinski definition) is 1. The van der Waals surface area contributed by atoms with Gasteiger partial charge in [-0.3, -0.25) is 19.5 Å². The predicted molar refractivity (Wildman–Crippen MR) is 119 cm³/mol. The number of rotatable bonds is 6. The third kappa shape index (κ3) is 3.20. The summed E-state index contributed by atoms with van der Waals surface area (Å²) < 4.78 is 11.1. The molecule has 0 spiro atoms. The van der Waals surface area contributed by atoms with Gasteiger partial charge < -0.3 is 9.47 Å². The van der Waals surface area contributed by atoms with E-state index in [1.165, 1.54) is 11.6 Å². The normalized spacial score (nSPS) is 17.6. The molecule has 0 amide bonds. The maximum atomic E-state index is 13.6. The highest BCUT2D eigenvalue weighted by Gasteiger charge is 2.62. The molecule has 1 aliphatic rings. The smallest absolute Gasteiger partial charge is 0.354 e. The highest BCUT2D eigenvalue weighted by atomic mass is 16.5. The number of aromatic amines is 1. The van der Waals surface area contributed by atoms with E-state index in [0.717, 1.165) is 14.2 Å². The van der Waals surface area contributed by atoms with Crippen molar-refractivity contribution in [1.29, 1.82) is 0 Å². The molecular weight excluding hydrogens is 426 g/mol. The third-order valence-electron chi connectivity index (χ3n) is 5.86. The molecule has 3 aromatic rings. The molecule has 2 atom stereocenters. The van der Waals surface area contributed by atoms with E-state index < -0.39 is 34.6 Å². The Kier molecular flexibility index (Phi) is 5.55. The summed E-state index contributed by atoms with van der Waals surface area (Å²) >= 11 is 0. The first kappa shape index (κ1) is 21.9. The molecule has 4 rings (SSSR count). The molecule has 0 aliphatic carbocycles. The highest BCUT2D eigenvalue weighted by Crippen LogP contribution is 2.45. The molecular formula is C24H21N3O6. The Morgan fingerprint density at radius 1 is 0.970 bits per heavy atom. The average Bonchev–Trinajstić information content (AvgIpc) is 3.38. The average molecular weight is 447 g/mol. The Hall–Kier alpha value is -4.27. The van der Waals surface area contributed by atoms with Gasteiger partial charge in [-0.1, -0.05) is 55.5 Å². The summed E-state index contributed by atoms with van der Waals surface area (Å²) in [5.41, 5.74) is -2.45. The molecule has 9 nitrogen and oxygen atoms in total. The number of para-hydroxylation sites is 1. The van der Waals surface area contributed by atoms with Crippen molar-refractivity contribution in [2.45, 2.75) is 12.3 Å². The van der Waals surface area contributed by atoms with E-state index in [2.05, 4.69) is 10.1 Å². The molecule has 9 heteroatoms. The summed E-state index contributed by atoms with van der Waals surface area (Å²) in [6, 6.07) is 16.9. The molecule has 2 aromatic carbocycles. The summed E-state index contributed by atoms with van der Waals surface area (Å²) in [4.78, 5) is 57.5. The Morgan fingerprint density at radius 2 is 1.58 bits per heavy atom. The standard InChI is InChI=1S/C24H21N3O6/c1-14(18(28)15-10-6-4-7-11-15)24(23(31)33-3)17-20(25-19(24)22(30)32-2)26-27(21(17)29)16-12-8-5-9-13-16/h4-14,26H,1-3H3/t14-,24+/m1/s1. The first-order chi connectivity index (χ1) is 15.9. The molecule has 0 bridgehead atoms. The van der Waals surface area contributed by atoms with Crippen LogP contribution in [0, 0.1) is 5.92 Å². The van der Waals surface area contributed by atoms with Gasteiger partial charge in [-0.25, -0.2) is 14.5 Å².